The number of aromatic nitrogens is 2. The first-order valence-electron chi connectivity index (χ1n) is 3.60. The number of hydrogen-bond acceptors (Lipinski definition) is 2. The predicted octanol–water partition coefficient (Wildman–Crippen LogP) is 2.11. The zero-order chi connectivity index (χ0) is 8.27. The Hall–Kier alpha value is -0.440. The van der Waals surface area contributed by atoms with Crippen molar-refractivity contribution < 1.29 is 0 Å². The first-order chi connectivity index (χ1) is 5.18. The molecule has 0 fully saturated rings. The highest BCUT2D eigenvalue weighted by Gasteiger charge is 1.99. The first-order valence-corrected chi connectivity index (χ1v) is 4.51. The van der Waals surface area contributed by atoms with Gasteiger partial charge in [-0.25, -0.2) is 0 Å². The molecule has 3 heteroatoms. The molecule has 1 aromatic heterocycles. The molecule has 2 nitrogen and oxygen atoms in total. The Morgan fingerprint density at radius 3 is 2.64 bits per heavy atom. The second-order valence-electron chi connectivity index (χ2n) is 2.63. The Labute approximate surface area is 75.2 Å². The SMILES string of the molecule is Cc1cnc(CC(C)Br)cn1. The lowest BCUT2D eigenvalue weighted by Gasteiger charge is -2.01. The Morgan fingerprint density at radius 1 is 1.45 bits per heavy atom. The van der Waals surface area contributed by atoms with E-state index < -0.39 is 0 Å². The highest BCUT2D eigenvalue weighted by molar-refractivity contribution is 9.09. The van der Waals surface area contributed by atoms with Crippen LogP contribution in [-0.4, -0.2) is 14.8 Å². The third-order valence-electron chi connectivity index (χ3n) is 1.32. The van der Waals surface area contributed by atoms with Crippen LogP contribution in [0.1, 0.15) is 18.3 Å². The average molecular weight is 215 g/mol. The molecule has 0 N–H and O–H groups in total. The number of aryl methyl sites for hydroxylation is 1. The van der Waals surface area contributed by atoms with Gasteiger partial charge in [0.2, 0.25) is 0 Å². The summed E-state index contributed by atoms with van der Waals surface area (Å²) >= 11 is 3.46. The molecule has 1 heterocycles. The minimum absolute atomic E-state index is 0.472. The van der Waals surface area contributed by atoms with E-state index in [0.29, 0.717) is 4.83 Å². The zero-order valence-corrected chi connectivity index (χ0v) is 8.30. The van der Waals surface area contributed by atoms with E-state index >= 15 is 0 Å². The normalized spacial score (nSPS) is 13.0. The monoisotopic (exact) mass is 214 g/mol. The molecule has 0 aliphatic heterocycles. The minimum Gasteiger partial charge on any atom is -0.258 e. The van der Waals surface area contributed by atoms with Crippen molar-refractivity contribution in [2.75, 3.05) is 0 Å². The third kappa shape index (κ3) is 2.97. The largest absolute Gasteiger partial charge is 0.258 e. The third-order valence-corrected chi connectivity index (χ3v) is 1.65. The van der Waals surface area contributed by atoms with Crippen LogP contribution >= 0.6 is 15.9 Å². The van der Waals surface area contributed by atoms with E-state index in [1.54, 1.807) is 6.20 Å². The maximum Gasteiger partial charge on any atom is 0.0597 e. The van der Waals surface area contributed by atoms with Crippen molar-refractivity contribution in [3.63, 3.8) is 0 Å². The summed E-state index contributed by atoms with van der Waals surface area (Å²) in [5.74, 6) is 0. The summed E-state index contributed by atoms with van der Waals surface area (Å²) in [5, 5.41) is 0. The minimum atomic E-state index is 0.472. The van der Waals surface area contributed by atoms with Gasteiger partial charge in [-0.05, 0) is 6.92 Å². The van der Waals surface area contributed by atoms with E-state index in [0.717, 1.165) is 17.8 Å². The lowest BCUT2D eigenvalue weighted by molar-refractivity contribution is 0.891. The molecule has 0 aliphatic carbocycles. The van der Waals surface area contributed by atoms with Gasteiger partial charge in [-0.3, -0.25) is 9.97 Å². The summed E-state index contributed by atoms with van der Waals surface area (Å²) in [5.41, 5.74) is 2.01. The Balaban J connectivity index is 2.66. The molecule has 11 heavy (non-hydrogen) atoms. The highest BCUT2D eigenvalue weighted by Crippen LogP contribution is 2.05. The number of nitrogens with zero attached hydrogens (tertiary/aromatic N) is 2. The van der Waals surface area contributed by atoms with Gasteiger partial charge in [0.1, 0.15) is 0 Å². The van der Waals surface area contributed by atoms with Gasteiger partial charge in [0.15, 0.2) is 0 Å². The summed E-state index contributed by atoms with van der Waals surface area (Å²) in [6.07, 6.45) is 4.56. The average Bonchev–Trinajstić information content (AvgIpc) is 1.93. The molecule has 0 spiro atoms. The predicted molar refractivity (Wildman–Crippen MR) is 48.9 cm³/mol. The summed E-state index contributed by atoms with van der Waals surface area (Å²) < 4.78 is 0. The van der Waals surface area contributed by atoms with Gasteiger partial charge in [-0.1, -0.05) is 22.9 Å². The number of hydrogen-bond donors (Lipinski definition) is 0. The molecule has 1 aromatic rings. The summed E-state index contributed by atoms with van der Waals surface area (Å²) in [6, 6.07) is 0. The van der Waals surface area contributed by atoms with Gasteiger partial charge in [0, 0.05) is 23.6 Å². The van der Waals surface area contributed by atoms with E-state index in [-0.39, 0.29) is 0 Å². The second-order valence-corrected chi connectivity index (χ2v) is 4.20. The second kappa shape index (κ2) is 3.81. The van der Waals surface area contributed by atoms with E-state index in [2.05, 4.69) is 32.8 Å². The molecule has 1 atom stereocenters. The number of alkyl halides is 1. The Bertz CT molecular complexity index is 218. The van der Waals surface area contributed by atoms with Crippen LogP contribution in [0.2, 0.25) is 0 Å². The van der Waals surface area contributed by atoms with Crippen LogP contribution in [0.4, 0.5) is 0 Å². The van der Waals surface area contributed by atoms with Crippen LogP contribution in [-0.2, 0) is 6.42 Å². The summed E-state index contributed by atoms with van der Waals surface area (Å²) in [4.78, 5) is 8.85. The number of halogens is 1. The first kappa shape index (κ1) is 8.65. The molecule has 0 saturated carbocycles. The summed E-state index contributed by atoms with van der Waals surface area (Å²) in [6.45, 7) is 4.04. The zero-order valence-electron chi connectivity index (χ0n) is 6.71. The summed E-state index contributed by atoms with van der Waals surface area (Å²) in [7, 11) is 0. The van der Waals surface area contributed by atoms with Gasteiger partial charge < -0.3 is 0 Å². The van der Waals surface area contributed by atoms with Gasteiger partial charge in [-0.15, -0.1) is 0 Å². The van der Waals surface area contributed by atoms with Crippen molar-refractivity contribution in [2.45, 2.75) is 25.1 Å². The molecule has 0 aliphatic rings. The van der Waals surface area contributed by atoms with Gasteiger partial charge >= 0.3 is 0 Å². The lowest BCUT2D eigenvalue weighted by atomic mass is 10.2. The van der Waals surface area contributed by atoms with Crippen LogP contribution < -0.4 is 0 Å². The molecular weight excluding hydrogens is 204 g/mol. The fourth-order valence-corrected chi connectivity index (χ4v) is 1.14. The fraction of sp³-hybridized carbons (Fsp3) is 0.500. The Morgan fingerprint density at radius 2 is 2.18 bits per heavy atom. The van der Waals surface area contributed by atoms with Crippen molar-refractivity contribution in [2.24, 2.45) is 0 Å². The van der Waals surface area contributed by atoms with Crippen molar-refractivity contribution in [3.8, 4) is 0 Å². The van der Waals surface area contributed by atoms with Gasteiger partial charge in [0.05, 0.1) is 11.4 Å². The quantitative estimate of drug-likeness (QED) is 0.706. The van der Waals surface area contributed by atoms with Crippen LogP contribution in [0.3, 0.4) is 0 Å². The van der Waals surface area contributed by atoms with Crippen LogP contribution in [0.5, 0.6) is 0 Å². The van der Waals surface area contributed by atoms with Crippen molar-refractivity contribution in [3.05, 3.63) is 23.8 Å². The number of rotatable bonds is 2. The van der Waals surface area contributed by atoms with E-state index in [9.17, 15) is 0 Å². The molecular formula is C8H11BrN2. The van der Waals surface area contributed by atoms with Gasteiger partial charge in [-0.2, -0.15) is 0 Å². The maximum atomic E-state index is 4.23. The van der Waals surface area contributed by atoms with E-state index in [1.165, 1.54) is 0 Å². The topological polar surface area (TPSA) is 25.8 Å². The Kier molecular flexibility index (Phi) is 3.00. The molecule has 1 unspecified atom stereocenters. The van der Waals surface area contributed by atoms with Crippen LogP contribution in [0.25, 0.3) is 0 Å². The molecule has 1 rings (SSSR count). The molecule has 0 radical (unpaired) electrons. The standard InChI is InChI=1S/C8H11BrN2/c1-6(9)3-8-5-10-7(2)4-11-8/h4-6H,3H2,1-2H3. The van der Waals surface area contributed by atoms with Crippen LogP contribution in [0.15, 0.2) is 12.4 Å². The van der Waals surface area contributed by atoms with E-state index in [1.807, 2.05) is 13.1 Å². The van der Waals surface area contributed by atoms with Crippen molar-refractivity contribution in [1.29, 1.82) is 0 Å². The molecule has 60 valence electrons. The highest BCUT2D eigenvalue weighted by atomic mass is 79.9. The van der Waals surface area contributed by atoms with E-state index in [4.69, 9.17) is 0 Å². The molecule has 0 saturated heterocycles. The smallest absolute Gasteiger partial charge is 0.0597 e. The molecule has 0 bridgehead atoms. The van der Waals surface area contributed by atoms with Crippen molar-refractivity contribution in [1.82, 2.24) is 9.97 Å². The molecule has 0 aromatic carbocycles. The van der Waals surface area contributed by atoms with Gasteiger partial charge in [0.25, 0.3) is 0 Å². The maximum absolute atomic E-state index is 4.23. The lowest BCUT2D eigenvalue weighted by Crippen LogP contribution is -2.00. The fourth-order valence-electron chi connectivity index (χ4n) is 0.813. The van der Waals surface area contributed by atoms with Crippen molar-refractivity contribution >= 4 is 15.9 Å². The van der Waals surface area contributed by atoms with Crippen LogP contribution in [0, 0.1) is 6.92 Å². The molecule has 0 amide bonds.